The molecule has 3 unspecified atom stereocenters. The van der Waals surface area contributed by atoms with Gasteiger partial charge in [0.25, 0.3) is 0 Å². The smallest absolute Gasteiger partial charge is 0.229 e. The van der Waals surface area contributed by atoms with Gasteiger partial charge in [0.2, 0.25) is 11.8 Å². The van der Waals surface area contributed by atoms with Crippen molar-refractivity contribution < 1.29 is 18.7 Å². The monoisotopic (exact) mass is 426 g/mol. The summed E-state index contributed by atoms with van der Waals surface area (Å²) in [5.74, 6) is -0.703. The number of carbonyl (C=O) groups is 2. The van der Waals surface area contributed by atoms with E-state index in [0.717, 1.165) is 24.5 Å². The van der Waals surface area contributed by atoms with E-state index in [-0.39, 0.29) is 42.7 Å². The summed E-state index contributed by atoms with van der Waals surface area (Å²) in [7, 11) is 0. The second-order valence-electron chi connectivity index (χ2n) is 8.42. The van der Waals surface area contributed by atoms with Gasteiger partial charge in [-0.2, -0.15) is 0 Å². The number of halogens is 1. The van der Waals surface area contributed by atoms with Crippen molar-refractivity contribution in [2.75, 3.05) is 34.8 Å². The lowest BCUT2D eigenvalue weighted by atomic mass is 10.1. The topological polar surface area (TPSA) is 74.8 Å². The number of aryl methyl sites for hydroxylation is 1. The molecule has 0 saturated carbocycles. The number of hydrogen-bond donors (Lipinski definition) is 1. The number of benzene rings is 1. The van der Waals surface area contributed by atoms with Gasteiger partial charge < -0.3 is 19.9 Å². The van der Waals surface area contributed by atoms with E-state index in [1.807, 2.05) is 19.9 Å². The first kappa shape index (κ1) is 21.2. The third kappa shape index (κ3) is 4.69. The number of aromatic nitrogens is 1. The molecule has 0 bridgehead atoms. The van der Waals surface area contributed by atoms with Crippen LogP contribution in [0.5, 0.6) is 0 Å². The molecular formula is C23H27FN4O3. The average molecular weight is 426 g/mol. The second-order valence-corrected chi connectivity index (χ2v) is 8.42. The molecule has 7 nitrogen and oxygen atoms in total. The first-order valence-corrected chi connectivity index (χ1v) is 10.5. The first-order chi connectivity index (χ1) is 14.8. The highest BCUT2D eigenvalue weighted by atomic mass is 19.1. The van der Waals surface area contributed by atoms with Gasteiger partial charge in [-0.1, -0.05) is 6.07 Å². The SMILES string of the molecule is Cc1ccc(N2CC(C(=O)Nc3ccc(N4CC(C)OC(C)C4)nc3)CC2=O)c(F)c1. The predicted molar refractivity (Wildman–Crippen MR) is 117 cm³/mol. The number of pyridine rings is 1. The molecule has 31 heavy (non-hydrogen) atoms. The summed E-state index contributed by atoms with van der Waals surface area (Å²) < 4.78 is 20.0. The lowest BCUT2D eigenvalue weighted by molar-refractivity contribution is -0.122. The van der Waals surface area contributed by atoms with Crippen LogP contribution >= 0.6 is 0 Å². The summed E-state index contributed by atoms with van der Waals surface area (Å²) in [4.78, 5) is 33.1. The zero-order chi connectivity index (χ0) is 22.1. The molecule has 2 fully saturated rings. The molecule has 0 aliphatic carbocycles. The van der Waals surface area contributed by atoms with Crippen molar-refractivity contribution in [3.05, 3.63) is 47.9 Å². The average Bonchev–Trinajstić information content (AvgIpc) is 3.09. The van der Waals surface area contributed by atoms with Crippen molar-refractivity contribution in [2.45, 2.75) is 39.4 Å². The van der Waals surface area contributed by atoms with Crippen molar-refractivity contribution in [3.8, 4) is 0 Å². The number of amides is 2. The highest BCUT2D eigenvalue weighted by Gasteiger charge is 2.36. The fourth-order valence-electron chi connectivity index (χ4n) is 4.20. The number of ether oxygens (including phenoxy) is 1. The molecule has 8 heteroatoms. The van der Waals surface area contributed by atoms with Crippen LogP contribution < -0.4 is 15.1 Å². The summed E-state index contributed by atoms with van der Waals surface area (Å²) in [5.41, 5.74) is 1.56. The standard InChI is InChI=1S/C23H27FN4O3/c1-14-4-6-20(19(24)8-14)28-13-17(9-22(28)29)23(30)26-18-5-7-21(25-10-18)27-11-15(2)31-16(3)12-27/h4-8,10,15-17H,9,11-13H2,1-3H3,(H,26,30). The van der Waals surface area contributed by atoms with Gasteiger partial charge in [0.05, 0.1) is 35.7 Å². The van der Waals surface area contributed by atoms with Gasteiger partial charge in [-0.3, -0.25) is 9.59 Å². The van der Waals surface area contributed by atoms with E-state index in [9.17, 15) is 14.0 Å². The van der Waals surface area contributed by atoms with Gasteiger partial charge in [0.1, 0.15) is 11.6 Å². The highest BCUT2D eigenvalue weighted by molar-refractivity contribution is 6.03. The van der Waals surface area contributed by atoms with Crippen molar-refractivity contribution in [3.63, 3.8) is 0 Å². The van der Waals surface area contributed by atoms with E-state index in [0.29, 0.717) is 5.69 Å². The summed E-state index contributed by atoms with van der Waals surface area (Å²) in [6, 6.07) is 8.40. The predicted octanol–water partition coefficient (Wildman–Crippen LogP) is 3.13. The molecular weight excluding hydrogens is 399 g/mol. The maximum atomic E-state index is 14.3. The minimum atomic E-state index is -0.547. The van der Waals surface area contributed by atoms with Crippen LogP contribution in [-0.4, -0.2) is 48.6 Å². The Labute approximate surface area is 181 Å². The third-order valence-electron chi connectivity index (χ3n) is 5.65. The lowest BCUT2D eigenvalue weighted by Gasteiger charge is -2.36. The van der Waals surface area contributed by atoms with Crippen LogP contribution in [0.25, 0.3) is 0 Å². The Morgan fingerprint density at radius 1 is 1.16 bits per heavy atom. The number of rotatable bonds is 4. The van der Waals surface area contributed by atoms with E-state index < -0.39 is 11.7 Å². The highest BCUT2D eigenvalue weighted by Crippen LogP contribution is 2.29. The molecule has 2 saturated heterocycles. The molecule has 3 atom stereocenters. The van der Waals surface area contributed by atoms with Crippen LogP contribution in [0.2, 0.25) is 0 Å². The maximum Gasteiger partial charge on any atom is 0.229 e. The lowest BCUT2D eigenvalue weighted by Crippen LogP contribution is -2.45. The number of nitrogens with zero attached hydrogens (tertiary/aromatic N) is 3. The quantitative estimate of drug-likeness (QED) is 0.813. The Bertz CT molecular complexity index is 971. The van der Waals surface area contributed by atoms with E-state index in [1.54, 1.807) is 31.3 Å². The van der Waals surface area contributed by atoms with E-state index in [2.05, 4.69) is 15.2 Å². The normalized spacial score (nSPS) is 23.9. The number of hydrogen-bond acceptors (Lipinski definition) is 5. The van der Waals surface area contributed by atoms with E-state index >= 15 is 0 Å². The molecule has 0 radical (unpaired) electrons. The minimum absolute atomic E-state index is 0.0498. The maximum absolute atomic E-state index is 14.3. The number of nitrogens with one attached hydrogen (secondary N) is 1. The van der Waals surface area contributed by atoms with Crippen LogP contribution in [0.15, 0.2) is 36.5 Å². The zero-order valence-electron chi connectivity index (χ0n) is 18.0. The van der Waals surface area contributed by atoms with Crippen molar-refractivity contribution in [1.82, 2.24) is 4.98 Å². The van der Waals surface area contributed by atoms with E-state index in [4.69, 9.17) is 4.74 Å². The summed E-state index contributed by atoms with van der Waals surface area (Å²) in [5, 5.41) is 2.83. The molecule has 3 heterocycles. The third-order valence-corrected chi connectivity index (χ3v) is 5.65. The summed E-state index contributed by atoms with van der Waals surface area (Å²) >= 11 is 0. The fourth-order valence-corrected chi connectivity index (χ4v) is 4.20. The van der Waals surface area contributed by atoms with Gasteiger partial charge in [-0.25, -0.2) is 9.37 Å². The summed E-state index contributed by atoms with van der Waals surface area (Å²) in [6.07, 6.45) is 1.93. The Morgan fingerprint density at radius 3 is 2.55 bits per heavy atom. The first-order valence-electron chi connectivity index (χ1n) is 10.5. The van der Waals surface area contributed by atoms with Crippen LogP contribution in [0.4, 0.5) is 21.6 Å². The Morgan fingerprint density at radius 2 is 1.90 bits per heavy atom. The van der Waals surface area contributed by atoms with Gasteiger partial charge in [-0.05, 0) is 50.6 Å². The van der Waals surface area contributed by atoms with Crippen LogP contribution in [0.3, 0.4) is 0 Å². The van der Waals surface area contributed by atoms with Crippen LogP contribution in [0.1, 0.15) is 25.8 Å². The Hall–Kier alpha value is -3.00. The molecule has 1 N–H and O–H groups in total. The fraction of sp³-hybridized carbons (Fsp3) is 0.435. The molecule has 4 rings (SSSR count). The molecule has 2 aliphatic heterocycles. The largest absolute Gasteiger partial charge is 0.372 e. The van der Waals surface area contributed by atoms with Gasteiger partial charge in [0.15, 0.2) is 0 Å². The molecule has 1 aromatic heterocycles. The molecule has 1 aromatic carbocycles. The number of anilines is 3. The second kappa shape index (κ2) is 8.63. The molecule has 2 amide bonds. The molecule has 164 valence electrons. The number of carbonyl (C=O) groups excluding carboxylic acids is 2. The zero-order valence-corrected chi connectivity index (χ0v) is 18.0. The minimum Gasteiger partial charge on any atom is -0.372 e. The molecule has 2 aliphatic rings. The van der Waals surface area contributed by atoms with Gasteiger partial charge in [-0.15, -0.1) is 0 Å². The Balaban J connectivity index is 1.39. The van der Waals surface area contributed by atoms with Crippen LogP contribution in [0, 0.1) is 18.7 Å². The van der Waals surface area contributed by atoms with Crippen molar-refractivity contribution in [2.24, 2.45) is 5.92 Å². The van der Waals surface area contributed by atoms with Gasteiger partial charge in [0, 0.05) is 26.1 Å². The summed E-state index contributed by atoms with van der Waals surface area (Å²) in [6.45, 7) is 7.53. The number of morpholine rings is 1. The van der Waals surface area contributed by atoms with E-state index in [1.165, 1.54) is 11.0 Å². The van der Waals surface area contributed by atoms with Crippen molar-refractivity contribution in [1.29, 1.82) is 0 Å². The molecule has 0 spiro atoms. The van der Waals surface area contributed by atoms with Crippen molar-refractivity contribution >= 4 is 29.0 Å². The Kier molecular flexibility index (Phi) is 5.91. The van der Waals surface area contributed by atoms with Crippen LogP contribution in [-0.2, 0) is 14.3 Å². The van der Waals surface area contributed by atoms with Gasteiger partial charge >= 0.3 is 0 Å². The molecule has 2 aromatic rings.